The van der Waals surface area contributed by atoms with Gasteiger partial charge in [-0.2, -0.15) is 0 Å². The van der Waals surface area contributed by atoms with Gasteiger partial charge in [0.2, 0.25) is 0 Å². The van der Waals surface area contributed by atoms with Crippen LogP contribution in [-0.4, -0.2) is 31.5 Å². The Kier molecular flexibility index (Phi) is 6.54. The van der Waals surface area contributed by atoms with Gasteiger partial charge in [-0.15, -0.1) is 0 Å². The fourth-order valence-corrected chi connectivity index (χ4v) is 1.51. The average molecular weight is 253 g/mol. The van der Waals surface area contributed by atoms with E-state index in [-0.39, 0.29) is 12.6 Å². The van der Waals surface area contributed by atoms with Gasteiger partial charge < -0.3 is 19.9 Å². The molecule has 0 aromatic heterocycles. The summed E-state index contributed by atoms with van der Waals surface area (Å²) < 4.78 is 10.9. The Bertz CT molecular complexity index is 355. The minimum Gasteiger partial charge on any atom is -0.493 e. The van der Waals surface area contributed by atoms with Gasteiger partial charge in [-0.3, -0.25) is 0 Å². The first kappa shape index (κ1) is 14.8. The van der Waals surface area contributed by atoms with Crippen molar-refractivity contribution in [3.05, 3.63) is 23.8 Å². The lowest BCUT2D eigenvalue weighted by Crippen LogP contribution is -2.28. The van der Waals surface area contributed by atoms with E-state index in [2.05, 4.69) is 12.2 Å². The number of nitrogens with one attached hydrogen (secondary N) is 1. The minimum atomic E-state index is 0.0899. The molecule has 18 heavy (non-hydrogen) atoms. The van der Waals surface area contributed by atoms with Crippen molar-refractivity contribution in [2.75, 3.05) is 20.3 Å². The second kappa shape index (κ2) is 7.95. The Morgan fingerprint density at radius 1 is 1.33 bits per heavy atom. The summed E-state index contributed by atoms with van der Waals surface area (Å²) in [6.45, 7) is 5.53. The SMILES string of the molecule is CCCOc1cc(CNC(C)CO)ccc1OC. The summed E-state index contributed by atoms with van der Waals surface area (Å²) in [4.78, 5) is 0. The molecular formula is C14H23NO3. The fourth-order valence-electron chi connectivity index (χ4n) is 1.51. The molecule has 0 spiro atoms. The molecule has 1 aromatic carbocycles. The topological polar surface area (TPSA) is 50.7 Å². The highest BCUT2D eigenvalue weighted by molar-refractivity contribution is 5.42. The summed E-state index contributed by atoms with van der Waals surface area (Å²) in [5.74, 6) is 1.53. The second-order valence-electron chi connectivity index (χ2n) is 4.30. The Morgan fingerprint density at radius 3 is 2.72 bits per heavy atom. The van der Waals surface area contributed by atoms with Crippen molar-refractivity contribution in [1.82, 2.24) is 5.32 Å². The quantitative estimate of drug-likeness (QED) is 0.743. The lowest BCUT2D eigenvalue weighted by molar-refractivity contribution is 0.251. The van der Waals surface area contributed by atoms with E-state index >= 15 is 0 Å². The molecule has 0 radical (unpaired) electrons. The molecule has 1 unspecified atom stereocenters. The van der Waals surface area contributed by atoms with Crippen LogP contribution in [0.3, 0.4) is 0 Å². The smallest absolute Gasteiger partial charge is 0.161 e. The third kappa shape index (κ3) is 4.55. The number of hydrogen-bond donors (Lipinski definition) is 2. The first-order valence-corrected chi connectivity index (χ1v) is 6.35. The van der Waals surface area contributed by atoms with Crippen LogP contribution >= 0.6 is 0 Å². The van der Waals surface area contributed by atoms with Crippen molar-refractivity contribution < 1.29 is 14.6 Å². The summed E-state index contributed by atoms with van der Waals surface area (Å²) in [5.41, 5.74) is 1.11. The standard InChI is InChI=1S/C14H23NO3/c1-4-7-18-14-8-12(5-6-13(14)17-3)9-15-11(2)10-16/h5-6,8,11,15-16H,4,7,9-10H2,1-3H3. The molecule has 0 aliphatic rings. The molecule has 102 valence electrons. The molecule has 1 aromatic rings. The summed E-state index contributed by atoms with van der Waals surface area (Å²) >= 11 is 0. The lowest BCUT2D eigenvalue weighted by atomic mass is 10.2. The Balaban J connectivity index is 2.69. The molecule has 0 heterocycles. The van der Waals surface area contributed by atoms with Gasteiger partial charge in [0.25, 0.3) is 0 Å². The molecule has 0 bridgehead atoms. The average Bonchev–Trinajstić information content (AvgIpc) is 2.42. The molecule has 1 rings (SSSR count). The highest BCUT2D eigenvalue weighted by atomic mass is 16.5. The number of rotatable bonds is 8. The van der Waals surface area contributed by atoms with Gasteiger partial charge in [-0.05, 0) is 31.0 Å². The zero-order chi connectivity index (χ0) is 13.4. The zero-order valence-corrected chi connectivity index (χ0v) is 11.4. The van der Waals surface area contributed by atoms with E-state index in [1.54, 1.807) is 7.11 Å². The van der Waals surface area contributed by atoms with Gasteiger partial charge in [0.1, 0.15) is 0 Å². The number of hydrogen-bond acceptors (Lipinski definition) is 4. The van der Waals surface area contributed by atoms with Crippen LogP contribution in [0.15, 0.2) is 18.2 Å². The molecular weight excluding hydrogens is 230 g/mol. The van der Waals surface area contributed by atoms with Crippen molar-refractivity contribution in [1.29, 1.82) is 0 Å². The predicted molar refractivity (Wildman–Crippen MR) is 72.2 cm³/mol. The fraction of sp³-hybridized carbons (Fsp3) is 0.571. The monoisotopic (exact) mass is 253 g/mol. The minimum absolute atomic E-state index is 0.0899. The Labute approximate surface area is 109 Å². The summed E-state index contributed by atoms with van der Waals surface area (Å²) in [5, 5.41) is 12.2. The number of aliphatic hydroxyl groups excluding tert-OH is 1. The summed E-state index contributed by atoms with van der Waals surface area (Å²) in [6, 6.07) is 5.97. The normalized spacial score (nSPS) is 12.2. The highest BCUT2D eigenvalue weighted by Gasteiger charge is 2.06. The van der Waals surface area contributed by atoms with E-state index in [9.17, 15) is 0 Å². The van der Waals surface area contributed by atoms with Gasteiger partial charge in [-0.25, -0.2) is 0 Å². The maximum atomic E-state index is 8.96. The van der Waals surface area contributed by atoms with Crippen molar-refractivity contribution in [2.24, 2.45) is 0 Å². The van der Waals surface area contributed by atoms with Crippen LogP contribution in [0, 0.1) is 0 Å². The highest BCUT2D eigenvalue weighted by Crippen LogP contribution is 2.28. The van der Waals surface area contributed by atoms with Crippen LogP contribution in [0.25, 0.3) is 0 Å². The molecule has 0 saturated heterocycles. The largest absolute Gasteiger partial charge is 0.493 e. The van der Waals surface area contributed by atoms with Crippen molar-refractivity contribution in [3.8, 4) is 11.5 Å². The van der Waals surface area contributed by atoms with E-state index in [0.717, 1.165) is 23.5 Å². The first-order chi connectivity index (χ1) is 8.71. The molecule has 0 aliphatic heterocycles. The van der Waals surface area contributed by atoms with Crippen molar-refractivity contribution in [2.45, 2.75) is 32.9 Å². The van der Waals surface area contributed by atoms with E-state index in [4.69, 9.17) is 14.6 Å². The van der Waals surface area contributed by atoms with Crippen LogP contribution in [0.1, 0.15) is 25.8 Å². The number of methoxy groups -OCH3 is 1. The maximum absolute atomic E-state index is 8.96. The number of benzene rings is 1. The van der Waals surface area contributed by atoms with Crippen LogP contribution in [0.2, 0.25) is 0 Å². The second-order valence-corrected chi connectivity index (χ2v) is 4.30. The Hall–Kier alpha value is -1.26. The Morgan fingerprint density at radius 2 is 2.11 bits per heavy atom. The van der Waals surface area contributed by atoms with Crippen molar-refractivity contribution in [3.63, 3.8) is 0 Å². The van der Waals surface area contributed by atoms with E-state index in [0.29, 0.717) is 13.2 Å². The van der Waals surface area contributed by atoms with Crippen LogP contribution < -0.4 is 14.8 Å². The van der Waals surface area contributed by atoms with Gasteiger partial charge in [0, 0.05) is 12.6 Å². The molecule has 0 aliphatic carbocycles. The van der Waals surface area contributed by atoms with Gasteiger partial charge in [0.05, 0.1) is 20.3 Å². The molecule has 0 fully saturated rings. The van der Waals surface area contributed by atoms with Crippen LogP contribution in [0.5, 0.6) is 11.5 Å². The summed E-state index contributed by atoms with van der Waals surface area (Å²) in [6.07, 6.45) is 0.965. The van der Waals surface area contributed by atoms with Gasteiger partial charge in [0.15, 0.2) is 11.5 Å². The van der Waals surface area contributed by atoms with Crippen LogP contribution in [-0.2, 0) is 6.54 Å². The molecule has 2 N–H and O–H groups in total. The molecule has 4 nitrogen and oxygen atoms in total. The molecule has 0 saturated carbocycles. The van der Waals surface area contributed by atoms with E-state index in [1.807, 2.05) is 25.1 Å². The van der Waals surface area contributed by atoms with Gasteiger partial charge >= 0.3 is 0 Å². The molecule has 0 amide bonds. The first-order valence-electron chi connectivity index (χ1n) is 6.35. The lowest BCUT2D eigenvalue weighted by Gasteiger charge is -2.14. The molecule has 4 heteroatoms. The van der Waals surface area contributed by atoms with Crippen molar-refractivity contribution >= 4 is 0 Å². The predicted octanol–water partition coefficient (Wildman–Crippen LogP) is 1.95. The van der Waals surface area contributed by atoms with E-state index < -0.39 is 0 Å². The molecule has 1 atom stereocenters. The van der Waals surface area contributed by atoms with Gasteiger partial charge in [-0.1, -0.05) is 13.0 Å². The third-order valence-corrected chi connectivity index (χ3v) is 2.62. The van der Waals surface area contributed by atoms with Crippen LogP contribution in [0.4, 0.5) is 0 Å². The number of ether oxygens (including phenoxy) is 2. The van der Waals surface area contributed by atoms with E-state index in [1.165, 1.54) is 0 Å². The summed E-state index contributed by atoms with van der Waals surface area (Å²) in [7, 11) is 1.64. The number of aliphatic hydroxyl groups is 1. The third-order valence-electron chi connectivity index (χ3n) is 2.62. The zero-order valence-electron chi connectivity index (χ0n) is 11.4. The maximum Gasteiger partial charge on any atom is 0.161 e.